The number of nitrogens with zero attached hydrogens (tertiary/aromatic N) is 6. The van der Waals surface area contributed by atoms with Crippen LogP contribution >= 0.6 is 23.1 Å². The Morgan fingerprint density at radius 3 is 2.09 bits per heavy atom. The van der Waals surface area contributed by atoms with E-state index in [0.717, 1.165) is 21.3 Å². The molecule has 65 heavy (non-hydrogen) atoms. The van der Waals surface area contributed by atoms with Gasteiger partial charge >= 0.3 is 17.3 Å². The average molecular weight is 911 g/mol. The van der Waals surface area contributed by atoms with Crippen molar-refractivity contribution >= 4 is 51.7 Å². The third-order valence-corrected chi connectivity index (χ3v) is 13.6. The predicted molar refractivity (Wildman–Crippen MR) is 245 cm³/mol. The van der Waals surface area contributed by atoms with E-state index in [1.54, 1.807) is 48.9 Å². The van der Waals surface area contributed by atoms with E-state index in [9.17, 15) is 24.0 Å². The second-order valence-electron chi connectivity index (χ2n) is 15.2. The number of aromatic nitrogens is 4. The van der Waals surface area contributed by atoms with Gasteiger partial charge in [-0.2, -0.15) is 0 Å². The van der Waals surface area contributed by atoms with Crippen LogP contribution in [0.5, 0.6) is 5.75 Å². The van der Waals surface area contributed by atoms with Crippen LogP contribution in [-0.4, -0.2) is 78.7 Å². The van der Waals surface area contributed by atoms with E-state index in [1.807, 2.05) is 91.0 Å². The first-order valence-corrected chi connectivity index (χ1v) is 22.4. The van der Waals surface area contributed by atoms with Gasteiger partial charge in [0.25, 0.3) is 11.8 Å². The van der Waals surface area contributed by atoms with Crippen LogP contribution < -0.4 is 26.7 Å². The minimum absolute atomic E-state index is 0.0659. The number of β-lactam (4-membered cyclic amide) rings is 1. The Bertz CT molecular complexity index is 2880. The van der Waals surface area contributed by atoms with Crippen LogP contribution in [0, 0.1) is 0 Å². The molecular formula is C47H42N8O8S2. The van der Waals surface area contributed by atoms with Crippen LogP contribution in [0.4, 0.5) is 5.13 Å². The van der Waals surface area contributed by atoms with Gasteiger partial charge < -0.3 is 24.9 Å². The van der Waals surface area contributed by atoms with E-state index in [-0.39, 0.29) is 36.0 Å². The van der Waals surface area contributed by atoms with E-state index >= 15 is 0 Å². The number of oxime groups is 1. The van der Waals surface area contributed by atoms with E-state index in [0.29, 0.717) is 22.0 Å². The third kappa shape index (κ3) is 7.73. The van der Waals surface area contributed by atoms with Crippen LogP contribution in [0.25, 0.3) is 0 Å². The van der Waals surface area contributed by atoms with Crippen molar-refractivity contribution in [1.29, 1.82) is 0 Å². The fourth-order valence-electron chi connectivity index (χ4n) is 8.36. The molecule has 2 N–H and O–H groups in total. The van der Waals surface area contributed by atoms with Gasteiger partial charge in [-0.1, -0.05) is 120 Å². The fourth-order valence-corrected chi connectivity index (χ4v) is 10.5. The van der Waals surface area contributed by atoms with Crippen molar-refractivity contribution < 1.29 is 28.7 Å². The lowest BCUT2D eigenvalue weighted by atomic mass is 9.77. The molecule has 1 saturated heterocycles. The minimum atomic E-state index is -1.09. The molecule has 0 bridgehead atoms. The molecule has 3 atom stereocenters. The predicted octanol–water partition coefficient (Wildman–Crippen LogP) is 4.78. The molecule has 5 heterocycles. The Labute approximate surface area is 380 Å². The van der Waals surface area contributed by atoms with Gasteiger partial charge in [0, 0.05) is 18.2 Å². The molecule has 1 fully saturated rings. The van der Waals surface area contributed by atoms with Crippen LogP contribution in [-0.2, 0) is 49.7 Å². The van der Waals surface area contributed by atoms with Crippen molar-refractivity contribution in [2.24, 2.45) is 12.2 Å². The number of thiazole rings is 1. The fraction of sp³-hybridized carbons (Fsp3) is 0.213. The number of carbonyl (C=O) groups is 3. The van der Waals surface area contributed by atoms with Gasteiger partial charge in [0.15, 0.2) is 10.8 Å². The average Bonchev–Trinajstić information content (AvgIpc) is 3.91. The van der Waals surface area contributed by atoms with Gasteiger partial charge in [-0.05, 0) is 40.0 Å². The summed E-state index contributed by atoms with van der Waals surface area (Å²) in [5, 5.41) is 12.0. The summed E-state index contributed by atoms with van der Waals surface area (Å²) < 4.78 is 14.6. The standard InChI is InChI=1S/C47H42N8O8S2/c1-52-45(59)53-25-13-20-36(55(53)46(52)60)34-27-64-42-38(41(57)54(42)39(34)43(58)63-26-29-21-23-33(61-2)24-22-29)49-40(56)37(51-62-3)35-28-65-44(48-35)50-47(30-14-7-4-8-15-30,31-16-9-5-10-17-31)32-18-11-6-12-19-32/h4-24,28,36,38,42H,25-27H2,1-3H3,(H,48,50)(H,49,56)/b51-37-/t36?,38-,42+/m1/s1. The summed E-state index contributed by atoms with van der Waals surface area (Å²) >= 11 is 2.57. The second-order valence-corrected chi connectivity index (χ2v) is 17.2. The summed E-state index contributed by atoms with van der Waals surface area (Å²) in [5.74, 6) is -1.33. The Hall–Kier alpha value is -7.44. The number of allylic oxidation sites excluding steroid dienone is 2. The smallest absolute Gasteiger partial charge is 0.355 e. The number of carbonyl (C=O) groups excluding carboxylic acids is 3. The summed E-state index contributed by atoms with van der Waals surface area (Å²) in [6, 6.07) is 35.0. The first-order valence-electron chi connectivity index (χ1n) is 20.5. The highest BCUT2D eigenvalue weighted by Crippen LogP contribution is 2.45. The number of nitrogens with one attached hydrogen (secondary N) is 2. The maximum Gasteiger partial charge on any atom is 0.355 e. The van der Waals surface area contributed by atoms with E-state index in [2.05, 4.69) is 15.8 Å². The number of ether oxygens (including phenoxy) is 2. The topological polar surface area (TPSA) is 180 Å². The normalized spacial score (nSPS) is 18.0. The van der Waals surface area contributed by atoms with E-state index < -0.39 is 52.2 Å². The number of amides is 2. The number of hydrogen-bond donors (Lipinski definition) is 2. The molecule has 1 unspecified atom stereocenters. The maximum absolute atomic E-state index is 14.3. The van der Waals surface area contributed by atoms with Gasteiger partial charge in [-0.15, -0.1) is 23.1 Å². The molecule has 3 aliphatic heterocycles. The molecule has 2 aromatic heterocycles. The lowest BCUT2D eigenvalue weighted by molar-refractivity contribution is -0.153. The Morgan fingerprint density at radius 2 is 1.49 bits per heavy atom. The highest BCUT2D eigenvalue weighted by molar-refractivity contribution is 8.00. The summed E-state index contributed by atoms with van der Waals surface area (Å²) in [4.78, 5) is 80.3. The number of fused-ring (bicyclic) bond motifs is 2. The minimum Gasteiger partial charge on any atom is -0.497 e. The van der Waals surface area contributed by atoms with Crippen molar-refractivity contribution in [1.82, 2.24) is 29.1 Å². The van der Waals surface area contributed by atoms with Gasteiger partial charge in [-0.25, -0.2) is 33.3 Å². The first-order chi connectivity index (χ1) is 31.6. The van der Waals surface area contributed by atoms with Gasteiger partial charge in [0.1, 0.15) is 47.8 Å². The molecule has 330 valence electrons. The number of rotatable bonds is 14. The summed E-state index contributed by atoms with van der Waals surface area (Å²) in [7, 11) is 4.24. The van der Waals surface area contributed by atoms with E-state index in [4.69, 9.17) is 19.3 Å². The summed E-state index contributed by atoms with van der Waals surface area (Å²) in [6.07, 6.45) is 3.46. The molecule has 3 aliphatic rings. The molecule has 18 heteroatoms. The highest BCUT2D eigenvalue weighted by atomic mass is 32.2. The molecular weight excluding hydrogens is 869 g/mol. The number of benzene rings is 4. The van der Waals surface area contributed by atoms with Crippen molar-refractivity contribution in [2.75, 3.05) is 25.3 Å². The van der Waals surface area contributed by atoms with Crippen molar-refractivity contribution in [3.8, 4) is 5.75 Å². The quantitative estimate of drug-likeness (QED) is 0.0384. The number of anilines is 1. The first kappa shape index (κ1) is 42.8. The Balaban J connectivity index is 0.999. The molecule has 4 aromatic carbocycles. The molecule has 0 saturated carbocycles. The van der Waals surface area contributed by atoms with Crippen molar-refractivity contribution in [3.63, 3.8) is 0 Å². The zero-order chi connectivity index (χ0) is 45.2. The molecule has 6 aromatic rings. The monoisotopic (exact) mass is 910 g/mol. The molecule has 2 amide bonds. The highest BCUT2D eigenvalue weighted by Gasteiger charge is 2.56. The van der Waals surface area contributed by atoms with Gasteiger partial charge in [0.05, 0.1) is 19.7 Å². The number of hydrogen-bond acceptors (Lipinski definition) is 13. The molecule has 0 radical (unpaired) electrons. The largest absolute Gasteiger partial charge is 0.497 e. The zero-order valence-corrected chi connectivity index (χ0v) is 37.0. The van der Waals surface area contributed by atoms with Crippen LogP contribution in [0.3, 0.4) is 0 Å². The lowest BCUT2D eigenvalue weighted by Crippen LogP contribution is -2.71. The zero-order valence-electron chi connectivity index (χ0n) is 35.3. The molecule has 0 spiro atoms. The summed E-state index contributed by atoms with van der Waals surface area (Å²) in [6.45, 7) is 0.0267. The molecule has 0 aliphatic carbocycles. The summed E-state index contributed by atoms with van der Waals surface area (Å²) in [5.41, 5.74) is 1.93. The number of esters is 1. The van der Waals surface area contributed by atoms with Crippen LogP contribution in [0.1, 0.15) is 34.0 Å². The van der Waals surface area contributed by atoms with Gasteiger partial charge in [0.2, 0.25) is 0 Å². The second kappa shape index (κ2) is 18.0. The Morgan fingerprint density at radius 1 is 0.862 bits per heavy atom. The van der Waals surface area contributed by atoms with Crippen molar-refractivity contribution in [3.05, 3.63) is 193 Å². The molecule has 16 nitrogen and oxygen atoms in total. The SMILES string of the molecule is CO/N=C(\C(=O)N[C@@H]1C(=O)N2C(C(=O)OCc3ccc(OC)cc3)=C(C3C=CCn4c(=O)n(C)c(=O)n43)CS[C@@H]12)c1csc(NC(c2ccccc2)(c2ccccc2)c2ccccc2)n1. The number of thioether (sulfide) groups is 1. The van der Waals surface area contributed by atoms with Crippen molar-refractivity contribution in [2.45, 2.75) is 36.1 Å². The van der Waals surface area contributed by atoms with Crippen LogP contribution in [0.15, 0.2) is 159 Å². The molecule has 9 rings (SSSR count). The maximum atomic E-state index is 14.3. The third-order valence-electron chi connectivity index (χ3n) is 11.5. The van der Waals surface area contributed by atoms with E-state index in [1.165, 1.54) is 51.5 Å². The lowest BCUT2D eigenvalue weighted by Gasteiger charge is -2.50. The number of methoxy groups -OCH3 is 1. The Kier molecular flexibility index (Phi) is 11.8. The van der Waals surface area contributed by atoms with Gasteiger partial charge in [-0.3, -0.25) is 14.5 Å². The van der Waals surface area contributed by atoms with Crippen LogP contribution in [0.2, 0.25) is 0 Å².